The topological polar surface area (TPSA) is 85.2 Å². The molecule has 150 valence electrons. The molecular weight excluding hydrogens is 364 g/mol. The maximum atomic E-state index is 12.8. The summed E-state index contributed by atoms with van der Waals surface area (Å²) in [5, 5.41) is 4.07. The first-order valence-corrected chi connectivity index (χ1v) is 10.1. The molecule has 0 fully saturated rings. The molecule has 0 spiro atoms. The zero-order valence-electron chi connectivity index (χ0n) is 16.9. The first-order chi connectivity index (χ1) is 14.0. The highest BCUT2D eigenvalue weighted by Gasteiger charge is 2.24. The van der Waals surface area contributed by atoms with E-state index in [1.807, 2.05) is 35.2 Å². The first kappa shape index (κ1) is 19.2. The second-order valence-corrected chi connectivity index (χ2v) is 7.78. The van der Waals surface area contributed by atoms with Gasteiger partial charge < -0.3 is 15.2 Å². The number of carbonyl (C=O) groups excluding carboxylic acids is 1. The van der Waals surface area contributed by atoms with Gasteiger partial charge in [0.1, 0.15) is 0 Å². The van der Waals surface area contributed by atoms with Crippen molar-refractivity contribution < 1.29 is 9.32 Å². The van der Waals surface area contributed by atoms with Gasteiger partial charge in [0.2, 0.25) is 17.6 Å². The van der Waals surface area contributed by atoms with E-state index in [0.717, 1.165) is 35.3 Å². The van der Waals surface area contributed by atoms with Gasteiger partial charge in [-0.15, -0.1) is 0 Å². The summed E-state index contributed by atoms with van der Waals surface area (Å²) in [4.78, 5) is 19.1. The Bertz CT molecular complexity index is 1010. The average molecular weight is 390 g/mol. The molecule has 1 aliphatic rings. The van der Waals surface area contributed by atoms with Crippen molar-refractivity contribution >= 4 is 17.3 Å². The summed E-state index contributed by atoms with van der Waals surface area (Å²) >= 11 is 0. The number of benzene rings is 2. The van der Waals surface area contributed by atoms with Crippen LogP contribution in [0.2, 0.25) is 0 Å². The smallest absolute Gasteiger partial charge is 0.227 e. The van der Waals surface area contributed by atoms with Gasteiger partial charge in [0, 0.05) is 36.3 Å². The van der Waals surface area contributed by atoms with Crippen LogP contribution in [0.3, 0.4) is 0 Å². The fourth-order valence-corrected chi connectivity index (χ4v) is 3.75. The number of nitrogens with zero attached hydrogens (tertiary/aromatic N) is 3. The SMILES string of the molecule is CC(C)c1ccc(-c2noc(CCC(=O)N3CCCc4c(N)cccc43)n2)cc1. The Morgan fingerprint density at radius 3 is 2.76 bits per heavy atom. The number of hydrogen-bond acceptors (Lipinski definition) is 5. The van der Waals surface area contributed by atoms with Crippen molar-refractivity contribution in [3.8, 4) is 11.4 Å². The lowest BCUT2D eigenvalue weighted by atomic mass is 9.99. The molecule has 2 N–H and O–H groups in total. The average Bonchev–Trinajstić information content (AvgIpc) is 3.21. The number of anilines is 2. The van der Waals surface area contributed by atoms with Gasteiger partial charge in [-0.05, 0) is 42.0 Å². The minimum Gasteiger partial charge on any atom is -0.398 e. The zero-order valence-corrected chi connectivity index (χ0v) is 16.9. The molecule has 3 aromatic rings. The molecule has 29 heavy (non-hydrogen) atoms. The van der Waals surface area contributed by atoms with Crippen LogP contribution < -0.4 is 10.6 Å². The number of aromatic nitrogens is 2. The van der Waals surface area contributed by atoms with Crippen molar-refractivity contribution in [2.24, 2.45) is 0 Å². The summed E-state index contributed by atoms with van der Waals surface area (Å²) in [6, 6.07) is 13.9. The lowest BCUT2D eigenvalue weighted by Gasteiger charge is -2.30. The summed E-state index contributed by atoms with van der Waals surface area (Å²) in [6.07, 6.45) is 2.57. The number of nitrogen functional groups attached to an aromatic ring is 1. The van der Waals surface area contributed by atoms with E-state index in [1.54, 1.807) is 0 Å². The second kappa shape index (κ2) is 8.07. The monoisotopic (exact) mass is 390 g/mol. The highest BCUT2D eigenvalue weighted by atomic mass is 16.5. The molecule has 0 saturated carbocycles. The van der Waals surface area contributed by atoms with Crippen molar-refractivity contribution in [3.63, 3.8) is 0 Å². The normalized spacial score (nSPS) is 13.6. The Morgan fingerprint density at radius 1 is 1.21 bits per heavy atom. The van der Waals surface area contributed by atoms with E-state index in [1.165, 1.54) is 5.56 Å². The fraction of sp³-hybridized carbons (Fsp3) is 0.348. The molecule has 0 atom stereocenters. The Hall–Kier alpha value is -3.15. The van der Waals surface area contributed by atoms with E-state index in [0.29, 0.717) is 37.0 Å². The Morgan fingerprint density at radius 2 is 2.00 bits per heavy atom. The lowest BCUT2D eigenvalue weighted by molar-refractivity contribution is -0.118. The summed E-state index contributed by atoms with van der Waals surface area (Å²) in [7, 11) is 0. The number of fused-ring (bicyclic) bond motifs is 1. The Labute approximate surface area is 170 Å². The molecule has 0 saturated heterocycles. The second-order valence-electron chi connectivity index (χ2n) is 7.78. The molecule has 6 heteroatoms. The van der Waals surface area contributed by atoms with E-state index in [2.05, 4.69) is 36.1 Å². The molecule has 1 amide bonds. The number of amides is 1. The van der Waals surface area contributed by atoms with Crippen LogP contribution in [0.15, 0.2) is 47.0 Å². The van der Waals surface area contributed by atoms with Gasteiger partial charge >= 0.3 is 0 Å². The standard InChI is InChI=1S/C23H26N4O2/c1-15(2)16-8-10-17(11-9-16)23-25-21(29-26-23)12-13-22(28)27-14-4-5-18-19(24)6-3-7-20(18)27/h3,6-11,15H,4-5,12-14,24H2,1-2H3. The fourth-order valence-electron chi connectivity index (χ4n) is 3.75. The minimum absolute atomic E-state index is 0.0533. The molecule has 4 rings (SSSR count). The number of hydrogen-bond donors (Lipinski definition) is 1. The molecule has 0 radical (unpaired) electrons. The van der Waals surface area contributed by atoms with E-state index in [-0.39, 0.29) is 5.91 Å². The number of rotatable bonds is 5. The maximum Gasteiger partial charge on any atom is 0.227 e. The highest BCUT2D eigenvalue weighted by Crippen LogP contribution is 2.31. The molecule has 1 aromatic heterocycles. The van der Waals surface area contributed by atoms with Crippen LogP contribution in [-0.2, 0) is 17.6 Å². The largest absolute Gasteiger partial charge is 0.398 e. The third-order valence-corrected chi connectivity index (χ3v) is 5.44. The van der Waals surface area contributed by atoms with Gasteiger partial charge in [-0.1, -0.05) is 49.3 Å². The molecule has 0 unspecified atom stereocenters. The van der Waals surface area contributed by atoms with E-state index in [9.17, 15) is 4.79 Å². The Kier molecular flexibility index (Phi) is 5.34. The lowest BCUT2D eigenvalue weighted by Crippen LogP contribution is -2.35. The van der Waals surface area contributed by atoms with Crippen LogP contribution in [0.25, 0.3) is 11.4 Å². The van der Waals surface area contributed by atoms with Gasteiger partial charge in [-0.25, -0.2) is 0 Å². The predicted octanol–water partition coefficient (Wildman–Crippen LogP) is 4.35. The summed E-state index contributed by atoms with van der Waals surface area (Å²) in [5.41, 5.74) is 11.0. The summed E-state index contributed by atoms with van der Waals surface area (Å²) in [5.74, 6) is 1.56. The highest BCUT2D eigenvalue weighted by molar-refractivity contribution is 5.95. The molecule has 0 aliphatic carbocycles. The van der Waals surface area contributed by atoms with Gasteiger partial charge in [0.25, 0.3) is 0 Å². The van der Waals surface area contributed by atoms with Gasteiger partial charge in [-0.3, -0.25) is 4.79 Å². The van der Waals surface area contributed by atoms with Crippen LogP contribution in [0.5, 0.6) is 0 Å². The molecule has 6 nitrogen and oxygen atoms in total. The summed E-state index contributed by atoms with van der Waals surface area (Å²) in [6.45, 7) is 5.04. The van der Waals surface area contributed by atoms with Gasteiger partial charge in [0.15, 0.2) is 0 Å². The number of aryl methyl sites for hydroxylation is 1. The van der Waals surface area contributed by atoms with Gasteiger partial charge in [0.05, 0.1) is 0 Å². The van der Waals surface area contributed by atoms with Crippen molar-refractivity contribution in [3.05, 3.63) is 59.5 Å². The minimum atomic E-state index is 0.0533. The molecule has 1 aliphatic heterocycles. The van der Waals surface area contributed by atoms with Crippen LogP contribution in [0.4, 0.5) is 11.4 Å². The van der Waals surface area contributed by atoms with Crippen molar-refractivity contribution in [2.45, 2.75) is 45.4 Å². The van der Waals surface area contributed by atoms with Crippen molar-refractivity contribution in [2.75, 3.05) is 17.2 Å². The molecule has 2 heterocycles. The van der Waals surface area contributed by atoms with Gasteiger partial charge in [-0.2, -0.15) is 4.98 Å². The Balaban J connectivity index is 1.42. The molecule has 2 aromatic carbocycles. The van der Waals surface area contributed by atoms with Crippen molar-refractivity contribution in [1.82, 2.24) is 10.1 Å². The van der Waals surface area contributed by atoms with Crippen LogP contribution in [0.1, 0.15) is 49.6 Å². The van der Waals surface area contributed by atoms with E-state index in [4.69, 9.17) is 10.3 Å². The molecular formula is C23H26N4O2. The number of carbonyl (C=O) groups is 1. The van der Waals surface area contributed by atoms with E-state index < -0.39 is 0 Å². The van der Waals surface area contributed by atoms with Crippen molar-refractivity contribution in [1.29, 1.82) is 0 Å². The zero-order chi connectivity index (χ0) is 20.4. The van der Waals surface area contributed by atoms with E-state index >= 15 is 0 Å². The first-order valence-electron chi connectivity index (χ1n) is 10.1. The molecule has 0 bridgehead atoms. The van der Waals surface area contributed by atoms with Crippen LogP contribution >= 0.6 is 0 Å². The third-order valence-electron chi connectivity index (χ3n) is 5.44. The van der Waals surface area contributed by atoms with Crippen LogP contribution in [-0.4, -0.2) is 22.6 Å². The predicted molar refractivity (Wildman–Crippen MR) is 114 cm³/mol. The maximum absolute atomic E-state index is 12.8. The summed E-state index contributed by atoms with van der Waals surface area (Å²) < 4.78 is 5.37. The number of nitrogens with two attached hydrogens (primary N) is 1. The quantitative estimate of drug-likeness (QED) is 0.655. The van der Waals surface area contributed by atoms with Crippen LogP contribution in [0, 0.1) is 0 Å². The third kappa shape index (κ3) is 4.01.